The number of carbonyl (C=O) groups excluding carboxylic acids is 1. The molecule has 1 amide bonds. The van der Waals surface area contributed by atoms with Crippen molar-refractivity contribution in [1.82, 2.24) is 4.90 Å². The van der Waals surface area contributed by atoms with Gasteiger partial charge in [0.25, 0.3) is 5.91 Å². The molecule has 196 valence electrons. The summed E-state index contributed by atoms with van der Waals surface area (Å²) < 4.78 is 23.3. The summed E-state index contributed by atoms with van der Waals surface area (Å²) >= 11 is 0. The van der Waals surface area contributed by atoms with E-state index in [1.54, 1.807) is 19.2 Å². The third-order valence-electron chi connectivity index (χ3n) is 7.44. The van der Waals surface area contributed by atoms with Crippen LogP contribution in [0.4, 0.5) is 0 Å². The van der Waals surface area contributed by atoms with Crippen LogP contribution >= 0.6 is 0 Å². The summed E-state index contributed by atoms with van der Waals surface area (Å²) in [4.78, 5) is 16.1. The summed E-state index contributed by atoms with van der Waals surface area (Å²) in [5.41, 5.74) is 0.623. The number of rotatable bonds is 9. The van der Waals surface area contributed by atoms with Crippen molar-refractivity contribution < 1.29 is 28.8 Å². The fourth-order valence-electron chi connectivity index (χ4n) is 5.88. The number of fused-ring (bicyclic) bond motifs is 1. The van der Waals surface area contributed by atoms with Crippen LogP contribution < -0.4 is 18.9 Å². The number of para-hydroxylation sites is 1. The topological polar surface area (TPSA) is 77.5 Å². The first-order chi connectivity index (χ1) is 17.5. The van der Waals surface area contributed by atoms with Crippen LogP contribution in [-0.2, 0) is 0 Å². The van der Waals surface area contributed by atoms with Crippen molar-refractivity contribution in [3.05, 3.63) is 47.5 Å². The molecule has 1 saturated heterocycles. The predicted molar refractivity (Wildman–Crippen MR) is 138 cm³/mol. The molecule has 2 aromatic rings. The molecule has 3 atom stereocenters. The van der Waals surface area contributed by atoms with Crippen LogP contribution in [0.2, 0.25) is 0 Å². The Labute approximate surface area is 214 Å². The quantitative estimate of drug-likeness (QED) is 0.500. The van der Waals surface area contributed by atoms with Gasteiger partial charge in [-0.3, -0.25) is 4.79 Å². The molecular formula is C29H39NO6. The van der Waals surface area contributed by atoms with Crippen molar-refractivity contribution in [2.75, 3.05) is 33.5 Å². The minimum atomic E-state index is -0.785. The molecule has 0 aromatic heterocycles. The van der Waals surface area contributed by atoms with E-state index in [0.717, 1.165) is 37.0 Å². The zero-order chi connectivity index (χ0) is 25.7. The lowest BCUT2D eigenvalue weighted by molar-refractivity contribution is -0.115. The Morgan fingerprint density at radius 3 is 2.28 bits per heavy atom. The fraction of sp³-hybridized carbons (Fsp3) is 0.552. The second-order valence-electron chi connectivity index (χ2n) is 9.49. The lowest BCUT2D eigenvalue weighted by atomic mass is 9.66. The number of amides is 1. The molecule has 0 spiro atoms. The Morgan fingerprint density at radius 2 is 1.64 bits per heavy atom. The first-order valence-electron chi connectivity index (χ1n) is 13.2. The van der Waals surface area contributed by atoms with Gasteiger partial charge in [-0.05, 0) is 58.2 Å². The van der Waals surface area contributed by atoms with Gasteiger partial charge in [0.1, 0.15) is 5.75 Å². The van der Waals surface area contributed by atoms with E-state index in [0.29, 0.717) is 55.6 Å². The van der Waals surface area contributed by atoms with E-state index in [1.807, 2.05) is 49.9 Å². The van der Waals surface area contributed by atoms with E-state index in [4.69, 9.17) is 18.9 Å². The summed E-state index contributed by atoms with van der Waals surface area (Å²) in [5, 5.41) is 11.6. The van der Waals surface area contributed by atoms with E-state index < -0.39 is 5.60 Å². The van der Waals surface area contributed by atoms with Crippen molar-refractivity contribution in [2.24, 2.45) is 5.92 Å². The second-order valence-corrected chi connectivity index (χ2v) is 9.49. The minimum absolute atomic E-state index is 0.0688. The first-order valence-corrected chi connectivity index (χ1v) is 13.2. The molecule has 2 aliphatic rings. The molecule has 2 aromatic carbocycles. The van der Waals surface area contributed by atoms with Crippen LogP contribution in [0.25, 0.3) is 0 Å². The number of hydrogen-bond donors (Lipinski definition) is 1. The van der Waals surface area contributed by atoms with Crippen LogP contribution in [0.1, 0.15) is 74.8 Å². The highest BCUT2D eigenvalue weighted by Crippen LogP contribution is 2.51. The van der Waals surface area contributed by atoms with Crippen LogP contribution in [0.15, 0.2) is 36.4 Å². The van der Waals surface area contributed by atoms with Crippen molar-refractivity contribution in [3.63, 3.8) is 0 Å². The lowest BCUT2D eigenvalue weighted by Gasteiger charge is -2.52. The Hall–Kier alpha value is -2.93. The molecule has 1 heterocycles. The van der Waals surface area contributed by atoms with E-state index in [1.165, 1.54) is 0 Å². The lowest BCUT2D eigenvalue weighted by Crippen LogP contribution is -2.56. The number of piperidine rings is 1. The van der Waals surface area contributed by atoms with Crippen molar-refractivity contribution in [1.29, 1.82) is 0 Å². The third kappa shape index (κ3) is 4.99. The predicted octanol–water partition coefficient (Wildman–Crippen LogP) is 5.40. The Kier molecular flexibility index (Phi) is 8.29. The monoisotopic (exact) mass is 497 g/mol. The zero-order valence-corrected chi connectivity index (χ0v) is 21.9. The highest BCUT2D eigenvalue weighted by Gasteiger charge is 2.51. The molecule has 4 rings (SSSR count). The zero-order valence-electron chi connectivity index (χ0n) is 21.9. The molecule has 1 aliphatic carbocycles. The number of hydrogen-bond acceptors (Lipinski definition) is 6. The summed E-state index contributed by atoms with van der Waals surface area (Å²) in [5.74, 6) is 2.04. The van der Waals surface area contributed by atoms with Gasteiger partial charge in [-0.1, -0.05) is 31.0 Å². The Bertz CT molecular complexity index is 1030. The van der Waals surface area contributed by atoms with Crippen LogP contribution in [-0.4, -0.2) is 55.0 Å². The van der Waals surface area contributed by atoms with Crippen molar-refractivity contribution >= 4 is 5.91 Å². The van der Waals surface area contributed by atoms with Gasteiger partial charge in [-0.15, -0.1) is 0 Å². The van der Waals surface area contributed by atoms with Crippen molar-refractivity contribution in [3.8, 4) is 23.0 Å². The average molecular weight is 498 g/mol. The van der Waals surface area contributed by atoms with E-state index in [2.05, 4.69) is 0 Å². The van der Waals surface area contributed by atoms with Gasteiger partial charge in [-0.25, -0.2) is 0 Å². The maximum atomic E-state index is 14.2. The molecule has 0 bridgehead atoms. The molecule has 1 aliphatic heterocycles. The van der Waals surface area contributed by atoms with E-state index >= 15 is 0 Å². The van der Waals surface area contributed by atoms with Crippen molar-refractivity contribution in [2.45, 2.75) is 64.5 Å². The number of carbonyl (C=O) groups is 1. The SMILES string of the molecule is CCOc1cc(C(=O)N2CC[C@]3(O)CCCC[C@H]3[C@@H]2c2ccccc2OC)cc(OCC)c1OCC. The fourth-order valence-corrected chi connectivity index (χ4v) is 5.88. The van der Waals surface area contributed by atoms with E-state index in [9.17, 15) is 9.90 Å². The normalized spacial score (nSPS) is 23.5. The second kappa shape index (κ2) is 11.4. The molecule has 36 heavy (non-hydrogen) atoms. The summed E-state index contributed by atoms with van der Waals surface area (Å²) in [6.45, 7) is 7.48. The maximum Gasteiger partial charge on any atom is 0.254 e. The van der Waals surface area contributed by atoms with Crippen LogP contribution in [0.5, 0.6) is 23.0 Å². The molecule has 0 radical (unpaired) electrons. The van der Waals surface area contributed by atoms with Gasteiger partial charge in [0.15, 0.2) is 11.5 Å². The average Bonchev–Trinajstić information content (AvgIpc) is 2.89. The molecule has 7 nitrogen and oxygen atoms in total. The third-order valence-corrected chi connectivity index (χ3v) is 7.44. The van der Waals surface area contributed by atoms with E-state index in [-0.39, 0.29) is 17.9 Å². The molecule has 1 N–H and O–H groups in total. The van der Waals surface area contributed by atoms with Gasteiger partial charge >= 0.3 is 0 Å². The van der Waals surface area contributed by atoms with Crippen LogP contribution in [0.3, 0.4) is 0 Å². The van der Waals surface area contributed by atoms with Gasteiger partial charge in [0.05, 0.1) is 38.6 Å². The molecule has 1 saturated carbocycles. The number of benzene rings is 2. The summed E-state index contributed by atoms with van der Waals surface area (Å²) in [7, 11) is 1.65. The standard InChI is InChI=1S/C29H39NO6/c1-5-34-24-18-20(19-25(35-6-2)27(24)36-7-3)28(31)30-17-16-29(32)15-11-10-13-22(29)26(30)21-12-8-9-14-23(21)33-4/h8-9,12,14,18-19,22,26,32H,5-7,10-11,13,15-17H2,1-4H3/t22-,26-,29+/m0/s1. The number of nitrogens with zero attached hydrogens (tertiary/aromatic N) is 1. The van der Waals surface area contributed by atoms with Gasteiger partial charge < -0.3 is 29.0 Å². The van der Waals surface area contributed by atoms with Crippen LogP contribution in [0, 0.1) is 5.92 Å². The highest BCUT2D eigenvalue weighted by atomic mass is 16.5. The van der Waals surface area contributed by atoms with Gasteiger partial charge in [0, 0.05) is 23.6 Å². The number of ether oxygens (including phenoxy) is 4. The molecule has 0 unspecified atom stereocenters. The van der Waals surface area contributed by atoms with Gasteiger partial charge in [0.2, 0.25) is 5.75 Å². The molecule has 2 fully saturated rings. The van der Waals surface area contributed by atoms with Gasteiger partial charge in [-0.2, -0.15) is 0 Å². The Balaban J connectivity index is 1.80. The largest absolute Gasteiger partial charge is 0.496 e. The first kappa shape index (κ1) is 26.1. The maximum absolute atomic E-state index is 14.2. The molecule has 7 heteroatoms. The number of aliphatic hydroxyl groups is 1. The Morgan fingerprint density at radius 1 is 0.972 bits per heavy atom. The smallest absolute Gasteiger partial charge is 0.254 e. The molecular weight excluding hydrogens is 458 g/mol. The summed E-state index contributed by atoms with van der Waals surface area (Å²) in [6.07, 6.45) is 4.22. The highest BCUT2D eigenvalue weighted by molar-refractivity contribution is 5.96. The number of methoxy groups -OCH3 is 1. The minimum Gasteiger partial charge on any atom is -0.496 e. The number of likely N-dealkylation sites (tertiary alicyclic amines) is 1. The summed E-state index contributed by atoms with van der Waals surface area (Å²) in [6, 6.07) is 11.0.